The monoisotopic (exact) mass is 379 g/mol. The maximum absolute atomic E-state index is 13.8. The van der Waals surface area contributed by atoms with E-state index in [0.717, 1.165) is 25.0 Å². The van der Waals surface area contributed by atoms with Gasteiger partial charge in [0.15, 0.2) is 0 Å². The van der Waals surface area contributed by atoms with Gasteiger partial charge in [-0.05, 0) is 50.9 Å². The minimum atomic E-state index is -3.96. The van der Waals surface area contributed by atoms with Crippen LogP contribution in [0.25, 0.3) is 0 Å². The molecule has 136 valence electrons. The van der Waals surface area contributed by atoms with Crippen molar-refractivity contribution < 1.29 is 17.6 Å². The molecule has 1 aliphatic rings. The number of benzene rings is 1. The lowest BCUT2D eigenvalue weighted by Crippen LogP contribution is -2.45. The Morgan fingerprint density at radius 3 is 2.71 bits per heavy atom. The molecule has 2 atom stereocenters. The van der Waals surface area contributed by atoms with Crippen molar-refractivity contribution >= 4 is 28.3 Å². The van der Waals surface area contributed by atoms with E-state index in [1.165, 1.54) is 13.1 Å². The lowest BCUT2D eigenvalue weighted by atomic mass is 9.92. The molecule has 1 saturated heterocycles. The lowest BCUT2D eigenvalue weighted by molar-refractivity contribution is 0.0660. The van der Waals surface area contributed by atoms with Gasteiger partial charge in [-0.15, -0.1) is 12.4 Å². The number of nitrogens with two attached hydrogens (primary N) is 1. The van der Waals surface area contributed by atoms with Gasteiger partial charge in [-0.1, -0.05) is 0 Å². The highest BCUT2D eigenvalue weighted by Crippen LogP contribution is 2.22. The van der Waals surface area contributed by atoms with Gasteiger partial charge in [0.25, 0.3) is 5.91 Å². The van der Waals surface area contributed by atoms with E-state index < -0.39 is 20.7 Å². The van der Waals surface area contributed by atoms with Crippen molar-refractivity contribution in [1.29, 1.82) is 0 Å². The second-order valence-corrected chi connectivity index (χ2v) is 7.72. The molecule has 1 aliphatic heterocycles. The molecule has 24 heavy (non-hydrogen) atoms. The first-order valence-electron chi connectivity index (χ1n) is 7.54. The molecule has 0 saturated carbocycles. The molecule has 0 aliphatic carbocycles. The van der Waals surface area contributed by atoms with Crippen molar-refractivity contribution in [1.82, 2.24) is 9.62 Å². The number of hydrogen-bond acceptors (Lipinski definition) is 4. The van der Waals surface area contributed by atoms with Gasteiger partial charge < -0.3 is 10.6 Å². The average Bonchev–Trinajstić information content (AvgIpc) is 2.54. The van der Waals surface area contributed by atoms with Crippen molar-refractivity contribution in [3.63, 3.8) is 0 Å². The molecule has 0 bridgehead atoms. The predicted octanol–water partition coefficient (Wildman–Crippen LogP) is 1.35. The molecule has 1 amide bonds. The number of piperidine rings is 1. The van der Waals surface area contributed by atoms with E-state index in [2.05, 4.69) is 4.72 Å². The molecule has 0 radical (unpaired) electrons. The third-order valence-corrected chi connectivity index (χ3v) is 5.65. The molecule has 1 aromatic carbocycles. The molecule has 1 fully saturated rings. The van der Waals surface area contributed by atoms with Gasteiger partial charge in [-0.25, -0.2) is 17.5 Å². The molecule has 6 nitrogen and oxygen atoms in total. The Morgan fingerprint density at radius 1 is 1.46 bits per heavy atom. The molecule has 1 heterocycles. The number of nitrogens with one attached hydrogen (secondary N) is 1. The summed E-state index contributed by atoms with van der Waals surface area (Å²) < 4.78 is 39.5. The molecular weight excluding hydrogens is 357 g/mol. The first-order valence-corrected chi connectivity index (χ1v) is 9.02. The van der Waals surface area contributed by atoms with Crippen LogP contribution in [0.15, 0.2) is 23.1 Å². The lowest BCUT2D eigenvalue weighted by Gasteiger charge is -2.34. The molecule has 9 heteroatoms. The smallest absolute Gasteiger partial charge is 0.253 e. The first-order chi connectivity index (χ1) is 10.8. The Labute approximate surface area is 148 Å². The van der Waals surface area contributed by atoms with Crippen LogP contribution >= 0.6 is 12.4 Å². The zero-order valence-electron chi connectivity index (χ0n) is 13.7. The summed E-state index contributed by atoms with van der Waals surface area (Å²) in [6, 6.07) is 3.38. The number of amides is 1. The zero-order chi connectivity index (χ0) is 17.2. The molecular formula is C15H23ClFN3O3S. The largest absolute Gasteiger partial charge is 0.338 e. The van der Waals surface area contributed by atoms with Gasteiger partial charge in [0.2, 0.25) is 10.0 Å². The van der Waals surface area contributed by atoms with Crippen molar-refractivity contribution in [3.8, 4) is 0 Å². The molecule has 0 aromatic heterocycles. The van der Waals surface area contributed by atoms with E-state index in [1.807, 2.05) is 6.92 Å². The van der Waals surface area contributed by atoms with Gasteiger partial charge >= 0.3 is 0 Å². The summed E-state index contributed by atoms with van der Waals surface area (Å²) in [5.74, 6) is -0.973. The van der Waals surface area contributed by atoms with E-state index in [-0.39, 0.29) is 35.8 Å². The summed E-state index contributed by atoms with van der Waals surface area (Å²) in [6.45, 7) is 3.03. The maximum atomic E-state index is 13.8. The van der Waals surface area contributed by atoms with Crippen LogP contribution < -0.4 is 10.5 Å². The van der Waals surface area contributed by atoms with Gasteiger partial charge in [-0.3, -0.25) is 4.79 Å². The zero-order valence-corrected chi connectivity index (χ0v) is 15.3. The molecule has 3 N–H and O–H groups in total. The van der Waals surface area contributed by atoms with Crippen LogP contribution in [-0.4, -0.2) is 45.4 Å². The Morgan fingerprint density at radius 2 is 2.12 bits per heavy atom. The number of carbonyl (C=O) groups excluding carboxylic acids is 1. The van der Waals surface area contributed by atoms with Gasteiger partial charge in [0.1, 0.15) is 10.7 Å². The number of likely N-dealkylation sites (tertiary alicyclic amines) is 1. The van der Waals surface area contributed by atoms with E-state index >= 15 is 0 Å². The summed E-state index contributed by atoms with van der Waals surface area (Å²) in [5, 5.41) is 0. The fourth-order valence-electron chi connectivity index (χ4n) is 2.76. The van der Waals surface area contributed by atoms with E-state index in [9.17, 15) is 17.6 Å². The topological polar surface area (TPSA) is 92.5 Å². The number of rotatable bonds is 4. The molecule has 2 rings (SSSR count). The van der Waals surface area contributed by atoms with E-state index in [1.54, 1.807) is 4.90 Å². The Bertz CT molecular complexity index is 697. The highest BCUT2D eigenvalue weighted by Gasteiger charge is 2.27. The summed E-state index contributed by atoms with van der Waals surface area (Å²) in [6.07, 6.45) is 1.81. The summed E-state index contributed by atoms with van der Waals surface area (Å²) in [4.78, 5) is 13.7. The summed E-state index contributed by atoms with van der Waals surface area (Å²) in [7, 11) is -2.76. The second kappa shape index (κ2) is 8.24. The standard InChI is InChI=1S/C15H22FN3O3S.ClH/c1-10(17)12-4-3-7-19(9-12)15(20)11-5-6-13(16)14(8-11)23(21,22)18-2;/h5-6,8,10,12,18H,3-4,7,9,17H2,1-2H3;1H. The Kier molecular flexibility index (Phi) is 7.15. The van der Waals surface area contributed by atoms with Crippen LogP contribution in [0.1, 0.15) is 30.1 Å². The number of sulfonamides is 1. The van der Waals surface area contributed by atoms with Crippen LogP contribution in [0.3, 0.4) is 0 Å². The van der Waals surface area contributed by atoms with Gasteiger partial charge in [-0.2, -0.15) is 0 Å². The number of hydrogen-bond donors (Lipinski definition) is 2. The minimum absolute atomic E-state index is 0. The number of carbonyl (C=O) groups is 1. The third kappa shape index (κ3) is 4.44. The van der Waals surface area contributed by atoms with E-state index in [0.29, 0.717) is 13.1 Å². The van der Waals surface area contributed by atoms with Crippen LogP contribution in [0.4, 0.5) is 4.39 Å². The molecule has 1 aromatic rings. The van der Waals surface area contributed by atoms with Crippen molar-refractivity contribution in [2.45, 2.75) is 30.7 Å². The third-order valence-electron chi connectivity index (χ3n) is 4.23. The molecule has 0 spiro atoms. The normalized spacial score (nSPS) is 19.5. The van der Waals surface area contributed by atoms with Crippen LogP contribution in [0.2, 0.25) is 0 Å². The van der Waals surface area contributed by atoms with Gasteiger partial charge in [0, 0.05) is 24.7 Å². The van der Waals surface area contributed by atoms with Gasteiger partial charge in [0.05, 0.1) is 0 Å². The van der Waals surface area contributed by atoms with Crippen molar-refractivity contribution in [2.24, 2.45) is 11.7 Å². The van der Waals surface area contributed by atoms with E-state index in [4.69, 9.17) is 5.73 Å². The quantitative estimate of drug-likeness (QED) is 0.826. The fourth-order valence-corrected chi connectivity index (χ4v) is 3.59. The number of halogens is 2. The van der Waals surface area contributed by atoms with Crippen LogP contribution in [0, 0.1) is 11.7 Å². The minimum Gasteiger partial charge on any atom is -0.338 e. The summed E-state index contributed by atoms with van der Waals surface area (Å²) >= 11 is 0. The summed E-state index contributed by atoms with van der Waals surface area (Å²) in [5.41, 5.74) is 6.07. The number of nitrogens with zero attached hydrogens (tertiary/aromatic N) is 1. The fraction of sp³-hybridized carbons (Fsp3) is 0.533. The van der Waals surface area contributed by atoms with Crippen LogP contribution in [0.5, 0.6) is 0 Å². The maximum Gasteiger partial charge on any atom is 0.253 e. The Hall–Kier alpha value is -1.22. The highest BCUT2D eigenvalue weighted by atomic mass is 35.5. The highest BCUT2D eigenvalue weighted by molar-refractivity contribution is 7.89. The average molecular weight is 380 g/mol. The van der Waals surface area contributed by atoms with Crippen molar-refractivity contribution in [2.75, 3.05) is 20.1 Å². The van der Waals surface area contributed by atoms with Crippen LogP contribution in [-0.2, 0) is 10.0 Å². The Balaban J connectivity index is 0.00000288. The second-order valence-electron chi connectivity index (χ2n) is 5.87. The first kappa shape index (κ1) is 20.8. The SMILES string of the molecule is CNS(=O)(=O)c1cc(C(=O)N2CCCC(C(C)N)C2)ccc1F.Cl. The molecule has 2 unspecified atom stereocenters. The van der Waals surface area contributed by atoms with Crippen molar-refractivity contribution in [3.05, 3.63) is 29.6 Å². The predicted molar refractivity (Wildman–Crippen MR) is 92.2 cm³/mol.